The van der Waals surface area contributed by atoms with E-state index in [2.05, 4.69) is 30.3 Å². The molecule has 0 fully saturated rings. The number of carbonyl (C=O) groups is 1. The third-order valence-corrected chi connectivity index (χ3v) is 9.30. The van der Waals surface area contributed by atoms with Crippen LogP contribution in [0.2, 0.25) is 0 Å². The van der Waals surface area contributed by atoms with E-state index in [1.165, 1.54) is 9.79 Å². The van der Waals surface area contributed by atoms with Crippen LogP contribution in [0.4, 0.5) is 0 Å². The lowest BCUT2D eigenvalue weighted by molar-refractivity contribution is 0.103. The minimum atomic E-state index is -0.420. The number of carbonyl (C=O) groups excluding carboxylic acids is 1. The molecule has 3 nitrogen and oxygen atoms in total. The first-order valence-corrected chi connectivity index (χ1v) is 14.2. The van der Waals surface area contributed by atoms with Gasteiger partial charge in [0, 0.05) is 33.1 Å². The molecule has 5 aromatic carbocycles. The van der Waals surface area contributed by atoms with Crippen molar-refractivity contribution in [3.05, 3.63) is 139 Å². The lowest BCUT2D eigenvalue weighted by Gasteiger charge is -2.13. The van der Waals surface area contributed by atoms with Crippen LogP contribution in [0.15, 0.2) is 152 Å². The number of rotatable bonds is 9. The van der Waals surface area contributed by atoms with Crippen molar-refractivity contribution >= 4 is 28.4 Å². The average molecular weight is 536 g/mol. The van der Waals surface area contributed by atoms with Crippen molar-refractivity contribution in [3.8, 4) is 11.5 Å². The van der Waals surface area contributed by atoms with Crippen LogP contribution < -0.4 is 9.47 Å². The molecule has 188 valence electrons. The summed E-state index contributed by atoms with van der Waals surface area (Å²) >= 11 is 1.68. The van der Waals surface area contributed by atoms with Gasteiger partial charge in [-0.15, -0.1) is 0 Å². The van der Waals surface area contributed by atoms with Gasteiger partial charge in [0.25, 0.3) is 0 Å². The highest BCUT2D eigenvalue weighted by Crippen LogP contribution is 2.38. The summed E-state index contributed by atoms with van der Waals surface area (Å²) in [6, 6.07) is 42.2. The summed E-state index contributed by atoms with van der Waals surface area (Å²) in [5.74, 6) is 1.52. The SMILES string of the molecule is COc1ccc([S+](c2ccccc2)c2ccc(C(=O)c3ccc(Sc4ccccc4)cc3)cc2)c(OC)c1. The number of hydrogen-bond donors (Lipinski definition) is 0. The fourth-order valence-electron chi connectivity index (χ4n) is 4.10. The molecule has 0 heterocycles. The summed E-state index contributed by atoms with van der Waals surface area (Å²) in [7, 11) is 2.91. The van der Waals surface area contributed by atoms with E-state index in [1.54, 1.807) is 26.0 Å². The fourth-order valence-corrected chi connectivity index (χ4v) is 7.10. The third-order valence-electron chi connectivity index (χ3n) is 6.02. The quantitative estimate of drug-likeness (QED) is 0.141. The first-order chi connectivity index (χ1) is 18.7. The molecule has 38 heavy (non-hydrogen) atoms. The van der Waals surface area contributed by atoms with E-state index < -0.39 is 10.9 Å². The Bertz CT molecular complexity index is 1500. The molecule has 5 heteroatoms. The van der Waals surface area contributed by atoms with Crippen LogP contribution in [0.1, 0.15) is 15.9 Å². The van der Waals surface area contributed by atoms with Gasteiger partial charge in [0.1, 0.15) is 16.6 Å². The smallest absolute Gasteiger partial charge is 0.208 e. The van der Waals surface area contributed by atoms with Crippen LogP contribution in [-0.4, -0.2) is 20.0 Å². The van der Waals surface area contributed by atoms with Crippen molar-refractivity contribution < 1.29 is 14.3 Å². The highest BCUT2D eigenvalue weighted by molar-refractivity contribution is 7.99. The van der Waals surface area contributed by atoms with Crippen LogP contribution in [-0.2, 0) is 10.9 Å². The minimum absolute atomic E-state index is 0.00873. The molecule has 1 unspecified atom stereocenters. The normalized spacial score (nSPS) is 11.5. The van der Waals surface area contributed by atoms with Gasteiger partial charge >= 0.3 is 0 Å². The molecule has 0 amide bonds. The van der Waals surface area contributed by atoms with Gasteiger partial charge in [0.15, 0.2) is 21.3 Å². The Morgan fingerprint density at radius 2 is 1.16 bits per heavy atom. The van der Waals surface area contributed by atoms with Gasteiger partial charge in [0.05, 0.1) is 14.2 Å². The number of hydrogen-bond acceptors (Lipinski definition) is 4. The second kappa shape index (κ2) is 12.1. The van der Waals surface area contributed by atoms with Gasteiger partial charge in [-0.25, -0.2) is 0 Å². The zero-order valence-electron chi connectivity index (χ0n) is 21.2. The molecule has 0 bridgehead atoms. The lowest BCUT2D eigenvalue weighted by Crippen LogP contribution is -2.08. The molecule has 0 radical (unpaired) electrons. The van der Waals surface area contributed by atoms with Gasteiger partial charge in [-0.3, -0.25) is 4.79 Å². The monoisotopic (exact) mass is 535 g/mol. The molecule has 0 spiro atoms. The Hall–Kier alpha value is -3.93. The topological polar surface area (TPSA) is 35.5 Å². The summed E-state index contributed by atoms with van der Waals surface area (Å²) in [6.45, 7) is 0. The van der Waals surface area contributed by atoms with Crippen LogP contribution in [0.5, 0.6) is 11.5 Å². The van der Waals surface area contributed by atoms with E-state index in [4.69, 9.17) is 9.47 Å². The summed E-state index contributed by atoms with van der Waals surface area (Å²) in [5, 5.41) is 0. The first-order valence-electron chi connectivity index (χ1n) is 12.2. The van der Waals surface area contributed by atoms with Gasteiger partial charge in [-0.1, -0.05) is 48.2 Å². The standard InChI is InChI=1S/C33H27O3S2/c1-35-26-17-22-32(31(23-26)36-2)38(29-11-7-4-8-12-29)30-20-15-25(16-21-30)33(34)24-13-18-28(19-14-24)37-27-9-5-3-6-10-27/h3-23H,1-2H3/q+1. The van der Waals surface area contributed by atoms with Crippen LogP contribution in [0.25, 0.3) is 0 Å². The summed E-state index contributed by atoms with van der Waals surface area (Å²) in [6.07, 6.45) is 0. The molecule has 0 aliphatic heterocycles. The van der Waals surface area contributed by atoms with Crippen LogP contribution >= 0.6 is 11.8 Å². The molecule has 1 atom stereocenters. The van der Waals surface area contributed by atoms with E-state index in [1.807, 2.05) is 97.1 Å². The van der Waals surface area contributed by atoms with Crippen molar-refractivity contribution in [3.63, 3.8) is 0 Å². The van der Waals surface area contributed by atoms with Crippen molar-refractivity contribution in [1.29, 1.82) is 0 Å². The maximum absolute atomic E-state index is 13.3. The van der Waals surface area contributed by atoms with Gasteiger partial charge < -0.3 is 9.47 Å². The fraction of sp³-hybridized carbons (Fsp3) is 0.0606. The summed E-state index contributed by atoms with van der Waals surface area (Å²) in [5.41, 5.74) is 1.34. The van der Waals surface area contributed by atoms with Crippen molar-refractivity contribution in [1.82, 2.24) is 0 Å². The van der Waals surface area contributed by atoms with E-state index in [0.717, 1.165) is 26.2 Å². The highest BCUT2D eigenvalue weighted by Gasteiger charge is 2.32. The molecular weight excluding hydrogens is 508 g/mol. The molecule has 0 N–H and O–H groups in total. The number of methoxy groups -OCH3 is 2. The van der Waals surface area contributed by atoms with E-state index in [-0.39, 0.29) is 5.78 Å². The zero-order chi connectivity index (χ0) is 26.3. The largest absolute Gasteiger partial charge is 0.497 e. The van der Waals surface area contributed by atoms with Crippen LogP contribution in [0, 0.1) is 0 Å². The van der Waals surface area contributed by atoms with E-state index in [9.17, 15) is 4.79 Å². The maximum atomic E-state index is 13.3. The molecule has 0 saturated carbocycles. The zero-order valence-corrected chi connectivity index (χ0v) is 22.8. The van der Waals surface area contributed by atoms with Gasteiger partial charge in [-0.2, -0.15) is 0 Å². The minimum Gasteiger partial charge on any atom is -0.497 e. The predicted octanol–water partition coefficient (Wildman–Crippen LogP) is 8.18. The maximum Gasteiger partial charge on any atom is 0.208 e. The Morgan fingerprint density at radius 3 is 1.76 bits per heavy atom. The van der Waals surface area contributed by atoms with E-state index in [0.29, 0.717) is 11.1 Å². The number of ether oxygens (including phenoxy) is 2. The van der Waals surface area contributed by atoms with E-state index >= 15 is 0 Å². The summed E-state index contributed by atoms with van der Waals surface area (Å²) < 4.78 is 11.2. The summed E-state index contributed by atoms with van der Waals surface area (Å²) in [4.78, 5) is 18.9. The average Bonchev–Trinajstić information content (AvgIpc) is 2.99. The molecule has 5 aromatic rings. The second-order valence-corrected chi connectivity index (χ2v) is 11.6. The Labute approximate surface area is 230 Å². The van der Waals surface area contributed by atoms with Crippen LogP contribution in [0.3, 0.4) is 0 Å². The van der Waals surface area contributed by atoms with Crippen molar-refractivity contribution in [2.24, 2.45) is 0 Å². The third kappa shape index (κ3) is 5.80. The highest BCUT2D eigenvalue weighted by atomic mass is 32.2. The molecule has 0 aliphatic rings. The van der Waals surface area contributed by atoms with Crippen molar-refractivity contribution in [2.45, 2.75) is 24.5 Å². The molecule has 0 saturated heterocycles. The number of benzene rings is 5. The number of ketones is 1. The first kappa shape index (κ1) is 25.7. The second-order valence-electron chi connectivity index (χ2n) is 8.43. The van der Waals surface area contributed by atoms with Gasteiger partial charge in [-0.05, 0) is 78.9 Å². The molecule has 0 aliphatic carbocycles. The molecule has 5 rings (SSSR count). The van der Waals surface area contributed by atoms with Crippen molar-refractivity contribution in [2.75, 3.05) is 14.2 Å². The lowest BCUT2D eigenvalue weighted by atomic mass is 10.0. The Balaban J connectivity index is 1.42. The molecule has 0 aromatic heterocycles. The predicted molar refractivity (Wildman–Crippen MR) is 155 cm³/mol. The molecular formula is C33H27O3S2+. The Kier molecular flexibility index (Phi) is 8.17. The van der Waals surface area contributed by atoms with Gasteiger partial charge in [0.2, 0.25) is 4.90 Å². The Morgan fingerprint density at radius 1 is 0.605 bits per heavy atom.